The second-order valence-electron chi connectivity index (χ2n) is 5.33. The second kappa shape index (κ2) is 6.55. The first-order chi connectivity index (χ1) is 7.90. The van der Waals surface area contributed by atoms with Gasteiger partial charge in [0.05, 0.1) is 0 Å². The maximum atomic E-state index is 5.32. The molecule has 0 spiro atoms. The van der Waals surface area contributed by atoms with Gasteiger partial charge in [0.2, 0.25) is 0 Å². The summed E-state index contributed by atoms with van der Waals surface area (Å²) < 4.78 is 8.24. The average molecular weight is 313 g/mol. The third kappa shape index (κ3) is 6.23. The van der Waals surface area contributed by atoms with Crippen LogP contribution in [0.15, 0.2) is 34.4 Å². The normalized spacial score (nSPS) is 12.9. The summed E-state index contributed by atoms with van der Waals surface area (Å²) in [5.41, 5.74) is 3.83. The molecule has 1 nitrogen and oxygen atoms in total. The predicted molar refractivity (Wildman–Crippen MR) is 79.9 cm³/mol. The molecule has 0 atom stereocenters. The van der Waals surface area contributed by atoms with Gasteiger partial charge in [0.1, 0.15) is 0 Å². The van der Waals surface area contributed by atoms with Crippen LogP contribution in [-0.2, 0) is 4.74 Å². The van der Waals surface area contributed by atoms with Gasteiger partial charge in [-0.3, -0.25) is 0 Å². The van der Waals surface area contributed by atoms with Crippen molar-refractivity contribution in [3.63, 3.8) is 0 Å². The van der Waals surface area contributed by atoms with Crippen LogP contribution in [0.3, 0.4) is 0 Å². The number of ether oxygens (including phenoxy) is 1. The van der Waals surface area contributed by atoms with Gasteiger partial charge in [0.25, 0.3) is 0 Å². The fourth-order valence-corrected chi connectivity index (χ4v) is 7.09. The number of rotatable bonds is 5. The van der Waals surface area contributed by atoms with Crippen molar-refractivity contribution in [1.29, 1.82) is 0 Å². The summed E-state index contributed by atoms with van der Waals surface area (Å²) in [7, 11) is 0.631. The molecule has 0 unspecified atom stereocenters. The van der Waals surface area contributed by atoms with Gasteiger partial charge in [-0.1, -0.05) is 0 Å². The van der Waals surface area contributed by atoms with Crippen LogP contribution in [0.2, 0.25) is 19.6 Å². The third-order valence-corrected chi connectivity index (χ3v) is 5.87. The van der Waals surface area contributed by atoms with Gasteiger partial charge < -0.3 is 0 Å². The van der Waals surface area contributed by atoms with E-state index in [2.05, 4.69) is 56.5 Å². The Hall–Kier alpha value is -0.344. The SMILES string of the molecule is COC/C(=C\[Si](C)(C)C)[Se]c1cccc(C)c1. The zero-order valence-electron chi connectivity index (χ0n) is 11.4. The molecule has 0 aliphatic heterocycles. The topological polar surface area (TPSA) is 9.23 Å². The van der Waals surface area contributed by atoms with Crippen LogP contribution in [0.25, 0.3) is 0 Å². The molecule has 0 aliphatic rings. The van der Waals surface area contributed by atoms with Crippen molar-refractivity contribution >= 4 is 27.5 Å². The summed E-state index contributed by atoms with van der Waals surface area (Å²) in [6.45, 7) is 10.0. The molecule has 3 heteroatoms. The molecular formula is C14H22OSeSi. The van der Waals surface area contributed by atoms with Crippen molar-refractivity contribution in [3.05, 3.63) is 40.0 Å². The fourth-order valence-electron chi connectivity index (χ4n) is 1.56. The molecule has 1 aromatic carbocycles. The molecule has 0 saturated heterocycles. The Bertz CT molecular complexity index is 393. The van der Waals surface area contributed by atoms with E-state index in [1.807, 2.05) is 0 Å². The first kappa shape index (κ1) is 14.7. The van der Waals surface area contributed by atoms with Crippen molar-refractivity contribution in [1.82, 2.24) is 0 Å². The van der Waals surface area contributed by atoms with Crippen LogP contribution in [0.4, 0.5) is 0 Å². The molecule has 1 aromatic rings. The Morgan fingerprint density at radius 3 is 2.59 bits per heavy atom. The fraction of sp³-hybridized carbons (Fsp3) is 0.429. The van der Waals surface area contributed by atoms with Crippen molar-refractivity contribution < 1.29 is 4.74 Å². The van der Waals surface area contributed by atoms with Gasteiger partial charge >= 0.3 is 113 Å². The van der Waals surface area contributed by atoms with E-state index < -0.39 is 8.07 Å². The molecule has 0 aliphatic carbocycles. The molecule has 0 bridgehead atoms. The zero-order chi connectivity index (χ0) is 12.9. The number of hydrogen-bond donors (Lipinski definition) is 0. The van der Waals surface area contributed by atoms with Crippen LogP contribution in [0.1, 0.15) is 5.56 Å². The van der Waals surface area contributed by atoms with Crippen LogP contribution in [0.5, 0.6) is 0 Å². The number of methoxy groups -OCH3 is 1. The van der Waals surface area contributed by atoms with Gasteiger partial charge in [0, 0.05) is 0 Å². The Morgan fingerprint density at radius 2 is 2.06 bits per heavy atom. The van der Waals surface area contributed by atoms with E-state index in [1.54, 1.807) is 7.11 Å². The molecule has 1 rings (SSSR count). The minimum absolute atomic E-state index is 0.405. The summed E-state index contributed by atoms with van der Waals surface area (Å²) in [5.74, 6) is 0. The molecule has 17 heavy (non-hydrogen) atoms. The Labute approximate surface area is 112 Å². The number of aryl methyl sites for hydroxylation is 1. The van der Waals surface area contributed by atoms with Gasteiger partial charge in [-0.2, -0.15) is 0 Å². The number of hydrogen-bond acceptors (Lipinski definition) is 1. The Morgan fingerprint density at radius 1 is 1.35 bits per heavy atom. The summed E-state index contributed by atoms with van der Waals surface area (Å²) in [4.78, 5) is 0. The third-order valence-electron chi connectivity index (χ3n) is 2.12. The van der Waals surface area contributed by atoms with Gasteiger partial charge in [-0.05, 0) is 0 Å². The molecule has 0 radical (unpaired) electrons. The summed E-state index contributed by atoms with van der Waals surface area (Å²) in [6.07, 6.45) is 0. The van der Waals surface area contributed by atoms with Crippen LogP contribution < -0.4 is 4.46 Å². The summed E-state index contributed by atoms with van der Waals surface area (Å²) in [5, 5.41) is 0. The first-order valence-electron chi connectivity index (χ1n) is 5.86. The zero-order valence-corrected chi connectivity index (χ0v) is 14.1. The quantitative estimate of drug-likeness (QED) is 0.760. The van der Waals surface area contributed by atoms with E-state index in [0.29, 0.717) is 15.0 Å². The van der Waals surface area contributed by atoms with Crippen molar-refractivity contribution in [2.24, 2.45) is 0 Å². The van der Waals surface area contributed by atoms with E-state index in [0.717, 1.165) is 6.61 Å². The molecule has 0 aromatic heterocycles. The molecule has 0 heterocycles. The summed E-state index contributed by atoms with van der Waals surface area (Å²) >= 11 is 0.405. The monoisotopic (exact) mass is 314 g/mol. The van der Waals surface area contributed by atoms with Crippen LogP contribution in [-0.4, -0.2) is 36.7 Å². The van der Waals surface area contributed by atoms with E-state index in [1.165, 1.54) is 14.5 Å². The van der Waals surface area contributed by atoms with Crippen molar-refractivity contribution in [2.45, 2.75) is 26.6 Å². The first-order valence-corrected chi connectivity index (χ1v) is 11.1. The molecule has 0 N–H and O–H groups in total. The Balaban J connectivity index is 2.84. The number of benzene rings is 1. The Kier molecular flexibility index (Phi) is 5.67. The van der Waals surface area contributed by atoms with Gasteiger partial charge in [0.15, 0.2) is 0 Å². The van der Waals surface area contributed by atoms with E-state index in [-0.39, 0.29) is 0 Å². The van der Waals surface area contributed by atoms with Crippen LogP contribution >= 0.6 is 0 Å². The molecule has 0 saturated carbocycles. The second-order valence-corrected chi connectivity index (χ2v) is 12.9. The van der Waals surface area contributed by atoms with E-state index in [4.69, 9.17) is 4.74 Å². The molecule has 0 fully saturated rings. The molecular weight excluding hydrogens is 291 g/mol. The van der Waals surface area contributed by atoms with E-state index in [9.17, 15) is 0 Å². The van der Waals surface area contributed by atoms with E-state index >= 15 is 0 Å². The van der Waals surface area contributed by atoms with Crippen molar-refractivity contribution in [2.75, 3.05) is 13.7 Å². The standard InChI is InChI=1S/C14H22OSeSi/c1-12-7-6-8-13(9-12)16-14(10-15-2)11-17(3,4)5/h6-9,11H,10H2,1-5H3/b14-11+. The maximum absolute atomic E-state index is 5.32. The molecule has 94 valence electrons. The summed E-state index contributed by atoms with van der Waals surface area (Å²) in [6, 6.07) is 8.80. The van der Waals surface area contributed by atoms with Gasteiger partial charge in [-0.15, -0.1) is 0 Å². The predicted octanol–water partition coefficient (Wildman–Crippen LogP) is 2.73. The molecule has 0 amide bonds. The van der Waals surface area contributed by atoms with Crippen LogP contribution in [0, 0.1) is 6.92 Å². The minimum atomic E-state index is -1.15. The van der Waals surface area contributed by atoms with Gasteiger partial charge in [-0.25, -0.2) is 0 Å². The average Bonchev–Trinajstić information content (AvgIpc) is 2.15. The van der Waals surface area contributed by atoms with Crippen molar-refractivity contribution in [3.8, 4) is 0 Å².